The third kappa shape index (κ3) is 6.69. The van der Waals surface area contributed by atoms with Crippen molar-refractivity contribution in [2.45, 2.75) is 97.3 Å². The molecule has 0 radical (unpaired) electrons. The Morgan fingerprint density at radius 1 is 0.636 bits per heavy atom. The summed E-state index contributed by atoms with van der Waals surface area (Å²) in [6.07, 6.45) is 14.5. The van der Waals surface area contributed by atoms with Crippen LogP contribution in [0.4, 0.5) is 0 Å². The van der Waals surface area contributed by atoms with Gasteiger partial charge in [0.15, 0.2) is 0 Å². The van der Waals surface area contributed by atoms with Crippen LogP contribution < -0.4 is 0 Å². The number of nitrogens with zero attached hydrogens (tertiary/aromatic N) is 2. The van der Waals surface area contributed by atoms with Crippen LogP contribution in [0.25, 0.3) is 11.1 Å². The minimum atomic E-state index is 0.781. The molecule has 0 fully saturated rings. The third-order valence-corrected chi connectivity index (χ3v) is 6.82. The van der Waals surface area contributed by atoms with Crippen LogP contribution in [0.2, 0.25) is 0 Å². The smallest absolute Gasteiger partial charge is 0.0867 e. The number of hydrogen-bond acceptors (Lipinski definition) is 4. The van der Waals surface area contributed by atoms with Crippen molar-refractivity contribution in [2.24, 2.45) is 10.3 Å². The molecule has 2 aromatic carbocycles. The predicted octanol–water partition coefficient (Wildman–Crippen LogP) is 8.34. The van der Waals surface area contributed by atoms with Gasteiger partial charge < -0.3 is 10.4 Å². The Morgan fingerprint density at radius 3 is 1.45 bits per heavy atom. The summed E-state index contributed by atoms with van der Waals surface area (Å²) >= 11 is 0. The van der Waals surface area contributed by atoms with Gasteiger partial charge in [-0.15, -0.1) is 0 Å². The van der Waals surface area contributed by atoms with Gasteiger partial charge in [-0.2, -0.15) is 0 Å². The number of rotatable bonds is 14. The number of oxime groups is 2. The second kappa shape index (κ2) is 13.2. The van der Waals surface area contributed by atoms with Crippen molar-refractivity contribution in [1.29, 1.82) is 0 Å². The van der Waals surface area contributed by atoms with Gasteiger partial charge >= 0.3 is 0 Å². The minimum absolute atomic E-state index is 0.781. The van der Waals surface area contributed by atoms with E-state index in [4.69, 9.17) is 0 Å². The second-order valence-electron chi connectivity index (χ2n) is 9.34. The van der Waals surface area contributed by atoms with Crippen LogP contribution in [0.1, 0.15) is 113 Å². The molecule has 4 heteroatoms. The molecule has 0 aromatic heterocycles. The Balaban J connectivity index is 1.66. The number of fused-ring (bicyclic) bond motifs is 3. The van der Waals surface area contributed by atoms with Crippen molar-refractivity contribution < 1.29 is 10.4 Å². The topological polar surface area (TPSA) is 65.2 Å². The Hall–Kier alpha value is -2.62. The van der Waals surface area contributed by atoms with Crippen LogP contribution in [0.5, 0.6) is 0 Å². The van der Waals surface area contributed by atoms with E-state index in [0.717, 1.165) is 54.7 Å². The fourth-order valence-electron chi connectivity index (χ4n) is 4.87. The van der Waals surface area contributed by atoms with Crippen LogP contribution in [-0.4, -0.2) is 21.8 Å². The standard InChI is InChI=1S/C29H40N2O2/c1-3-5-7-9-11-13-28(30-32)22-15-17-26-24(19-22)21-25-20-23(16-18-27(25)26)29(31-33)14-12-10-8-6-4-2/h15-20,32-33H,3-14,21H2,1-2H3. The summed E-state index contributed by atoms with van der Waals surface area (Å²) in [6, 6.07) is 12.9. The van der Waals surface area contributed by atoms with Crippen LogP contribution in [0, 0.1) is 0 Å². The zero-order valence-corrected chi connectivity index (χ0v) is 20.4. The lowest BCUT2D eigenvalue weighted by Gasteiger charge is -2.08. The molecule has 0 atom stereocenters. The Labute approximate surface area is 199 Å². The highest BCUT2D eigenvalue weighted by molar-refractivity contribution is 6.02. The van der Waals surface area contributed by atoms with E-state index in [2.05, 4.69) is 60.6 Å². The highest BCUT2D eigenvalue weighted by Gasteiger charge is 2.21. The Kier molecular flexibility index (Phi) is 9.99. The van der Waals surface area contributed by atoms with Crippen LogP contribution in [-0.2, 0) is 6.42 Å². The highest BCUT2D eigenvalue weighted by atomic mass is 16.4. The zero-order valence-electron chi connectivity index (χ0n) is 20.4. The molecule has 0 saturated carbocycles. The first kappa shape index (κ1) is 25.0. The molecule has 2 N–H and O–H groups in total. The van der Waals surface area contributed by atoms with Crippen molar-refractivity contribution in [3.8, 4) is 11.1 Å². The summed E-state index contributed by atoms with van der Waals surface area (Å²) in [5.74, 6) is 0. The molecular weight excluding hydrogens is 408 g/mol. The molecule has 0 saturated heterocycles. The maximum Gasteiger partial charge on any atom is 0.0867 e. The minimum Gasteiger partial charge on any atom is -0.411 e. The zero-order chi connectivity index (χ0) is 23.5. The number of unbranched alkanes of at least 4 members (excludes halogenated alkanes) is 8. The third-order valence-electron chi connectivity index (χ3n) is 6.82. The molecule has 0 aliphatic heterocycles. The van der Waals surface area contributed by atoms with E-state index in [1.807, 2.05) is 0 Å². The van der Waals surface area contributed by atoms with E-state index in [1.165, 1.54) is 73.6 Å². The number of benzene rings is 2. The molecule has 1 aliphatic carbocycles. The van der Waals surface area contributed by atoms with E-state index < -0.39 is 0 Å². The van der Waals surface area contributed by atoms with E-state index >= 15 is 0 Å². The van der Waals surface area contributed by atoms with Gasteiger partial charge in [0.2, 0.25) is 0 Å². The normalized spacial score (nSPS) is 13.3. The maximum absolute atomic E-state index is 9.60. The van der Waals surface area contributed by atoms with Gasteiger partial charge in [-0.05, 0) is 77.6 Å². The molecule has 3 rings (SSSR count). The average molecular weight is 449 g/mol. The van der Waals surface area contributed by atoms with Gasteiger partial charge in [-0.3, -0.25) is 0 Å². The monoisotopic (exact) mass is 448 g/mol. The van der Waals surface area contributed by atoms with Gasteiger partial charge in [0.05, 0.1) is 11.4 Å². The lowest BCUT2D eigenvalue weighted by atomic mass is 9.97. The Morgan fingerprint density at radius 2 is 1.06 bits per heavy atom. The fourth-order valence-corrected chi connectivity index (χ4v) is 4.87. The molecule has 0 amide bonds. The first-order valence-corrected chi connectivity index (χ1v) is 12.9. The van der Waals surface area contributed by atoms with Gasteiger partial charge in [-0.1, -0.05) is 99.8 Å². The molecule has 2 aromatic rings. The first-order chi connectivity index (χ1) is 16.2. The molecular formula is C29H40N2O2. The van der Waals surface area contributed by atoms with Crippen LogP contribution >= 0.6 is 0 Å². The molecule has 178 valence electrons. The molecule has 0 unspecified atom stereocenters. The lowest BCUT2D eigenvalue weighted by Crippen LogP contribution is -2.02. The molecule has 33 heavy (non-hydrogen) atoms. The summed E-state index contributed by atoms with van der Waals surface area (Å²) in [5.41, 5.74) is 8.65. The first-order valence-electron chi connectivity index (χ1n) is 12.9. The number of hydrogen-bond donors (Lipinski definition) is 2. The molecule has 0 heterocycles. The van der Waals surface area contributed by atoms with Crippen molar-refractivity contribution in [3.05, 3.63) is 58.7 Å². The molecule has 0 bridgehead atoms. The molecule has 1 aliphatic rings. The summed E-state index contributed by atoms with van der Waals surface area (Å²) in [6.45, 7) is 4.44. The van der Waals surface area contributed by atoms with Crippen molar-refractivity contribution >= 4 is 11.4 Å². The predicted molar refractivity (Wildman–Crippen MR) is 138 cm³/mol. The average Bonchev–Trinajstić information content (AvgIpc) is 3.20. The Bertz CT molecular complexity index is 885. The summed E-state index contributed by atoms with van der Waals surface area (Å²) in [7, 11) is 0. The lowest BCUT2D eigenvalue weighted by molar-refractivity contribution is 0.317. The largest absolute Gasteiger partial charge is 0.411 e. The van der Waals surface area contributed by atoms with Crippen molar-refractivity contribution in [2.75, 3.05) is 0 Å². The maximum atomic E-state index is 9.60. The van der Waals surface area contributed by atoms with Gasteiger partial charge in [0, 0.05) is 0 Å². The summed E-state index contributed by atoms with van der Waals surface area (Å²) < 4.78 is 0. The molecule has 4 nitrogen and oxygen atoms in total. The van der Waals surface area contributed by atoms with Gasteiger partial charge in [-0.25, -0.2) is 0 Å². The van der Waals surface area contributed by atoms with Gasteiger partial charge in [0.25, 0.3) is 0 Å². The van der Waals surface area contributed by atoms with E-state index in [-0.39, 0.29) is 0 Å². The SMILES string of the molecule is CCCCCCCC(=NO)c1ccc2c(c1)Cc1cc(C(CCCCCCC)=NO)ccc1-2. The van der Waals surface area contributed by atoms with Crippen LogP contribution in [0.15, 0.2) is 46.7 Å². The van der Waals surface area contributed by atoms with Crippen molar-refractivity contribution in [1.82, 2.24) is 0 Å². The second-order valence-corrected chi connectivity index (χ2v) is 9.34. The summed E-state index contributed by atoms with van der Waals surface area (Å²) in [5, 5.41) is 26.4. The highest BCUT2D eigenvalue weighted by Crippen LogP contribution is 2.38. The van der Waals surface area contributed by atoms with Gasteiger partial charge in [0.1, 0.15) is 0 Å². The van der Waals surface area contributed by atoms with E-state index in [1.54, 1.807) is 0 Å². The summed E-state index contributed by atoms with van der Waals surface area (Å²) in [4.78, 5) is 0. The van der Waals surface area contributed by atoms with E-state index in [0.29, 0.717) is 0 Å². The molecule has 0 spiro atoms. The van der Waals surface area contributed by atoms with E-state index in [9.17, 15) is 10.4 Å². The van der Waals surface area contributed by atoms with Crippen LogP contribution in [0.3, 0.4) is 0 Å². The van der Waals surface area contributed by atoms with Crippen molar-refractivity contribution in [3.63, 3.8) is 0 Å². The fraction of sp³-hybridized carbons (Fsp3) is 0.517. The quantitative estimate of drug-likeness (QED) is 0.113.